The number of esters is 1. The highest BCUT2D eigenvalue weighted by atomic mass is 16.6. The number of hydrogen-bond acceptors (Lipinski definition) is 4. The Bertz CT molecular complexity index is 545. The highest BCUT2D eigenvalue weighted by Gasteiger charge is 2.16. The van der Waals surface area contributed by atoms with Crippen molar-refractivity contribution in [1.82, 2.24) is 0 Å². The summed E-state index contributed by atoms with van der Waals surface area (Å²) < 4.78 is 5.13. The number of nitro benzene ring substituents is 1. The number of hydrogen-bond donors (Lipinski definition) is 0. The molecule has 5 heteroatoms. The van der Waals surface area contributed by atoms with Crippen LogP contribution in [0.3, 0.4) is 0 Å². The van der Waals surface area contributed by atoms with Gasteiger partial charge in [0.05, 0.1) is 4.92 Å². The second-order valence-electron chi connectivity index (χ2n) is 7.19. The summed E-state index contributed by atoms with van der Waals surface area (Å²) in [6, 6.07) is 5.98. The second-order valence-corrected chi connectivity index (χ2v) is 7.19. The Morgan fingerprint density at radius 2 is 1.33 bits per heavy atom. The molecule has 0 aliphatic carbocycles. The van der Waals surface area contributed by atoms with Gasteiger partial charge in [-0.15, -0.1) is 0 Å². The van der Waals surface area contributed by atoms with E-state index in [4.69, 9.17) is 4.74 Å². The molecular weight excluding hydrogens is 342 g/mol. The summed E-state index contributed by atoms with van der Waals surface area (Å²) in [5, 5.41) is 10.9. The van der Waals surface area contributed by atoms with Crippen molar-refractivity contribution >= 4 is 11.7 Å². The van der Waals surface area contributed by atoms with Crippen LogP contribution in [0.2, 0.25) is 0 Å². The van der Waals surface area contributed by atoms with Crippen LogP contribution in [0.1, 0.15) is 96.8 Å². The van der Waals surface area contributed by atoms with Gasteiger partial charge >= 0.3 is 11.7 Å². The standard InChI is InChI=1S/C22H35NO4/c1-2-3-4-5-6-7-8-9-10-11-12-13-14-19-22(24)27-21-18-16-15-17-20(21)23(25)26/h15-18H,2-14,19H2,1H3. The van der Waals surface area contributed by atoms with E-state index in [1.54, 1.807) is 12.1 Å². The van der Waals surface area contributed by atoms with E-state index in [0.717, 1.165) is 19.3 Å². The number of para-hydroxylation sites is 2. The Hall–Kier alpha value is -1.91. The summed E-state index contributed by atoms with van der Waals surface area (Å²) >= 11 is 0. The lowest BCUT2D eigenvalue weighted by molar-refractivity contribution is -0.385. The summed E-state index contributed by atoms with van der Waals surface area (Å²) in [6.45, 7) is 2.25. The van der Waals surface area contributed by atoms with Crippen molar-refractivity contribution in [3.8, 4) is 5.75 Å². The number of rotatable bonds is 16. The maximum atomic E-state index is 11.8. The zero-order chi connectivity index (χ0) is 19.7. The van der Waals surface area contributed by atoms with Gasteiger partial charge in [-0.1, -0.05) is 96.1 Å². The summed E-state index contributed by atoms with van der Waals surface area (Å²) in [5.74, 6) is -0.366. The summed E-state index contributed by atoms with van der Waals surface area (Å²) in [4.78, 5) is 22.2. The Morgan fingerprint density at radius 3 is 1.85 bits per heavy atom. The number of nitro groups is 1. The number of benzene rings is 1. The van der Waals surface area contributed by atoms with Crippen molar-refractivity contribution in [3.05, 3.63) is 34.4 Å². The minimum absolute atomic E-state index is 0.0298. The lowest BCUT2D eigenvalue weighted by Gasteiger charge is -2.05. The molecule has 0 atom stereocenters. The molecule has 0 radical (unpaired) electrons. The van der Waals surface area contributed by atoms with Gasteiger partial charge in [-0.25, -0.2) is 0 Å². The van der Waals surface area contributed by atoms with E-state index in [0.29, 0.717) is 6.42 Å². The Kier molecular flexibility index (Phi) is 13.0. The van der Waals surface area contributed by atoms with E-state index >= 15 is 0 Å². The molecule has 0 amide bonds. The largest absolute Gasteiger partial charge is 0.419 e. The number of nitrogens with zero attached hydrogens (tertiary/aromatic N) is 1. The maximum absolute atomic E-state index is 11.8. The molecule has 1 aromatic rings. The molecule has 0 bridgehead atoms. The Balaban J connectivity index is 1.98. The third-order valence-electron chi connectivity index (χ3n) is 4.77. The van der Waals surface area contributed by atoms with Crippen molar-refractivity contribution < 1.29 is 14.5 Å². The SMILES string of the molecule is CCCCCCCCCCCCCCCC(=O)Oc1ccccc1[N+](=O)[O-]. The van der Waals surface area contributed by atoms with Gasteiger partial charge < -0.3 is 4.74 Å². The fraction of sp³-hybridized carbons (Fsp3) is 0.682. The van der Waals surface area contributed by atoms with Crippen LogP contribution in [0.5, 0.6) is 5.75 Å². The topological polar surface area (TPSA) is 69.4 Å². The Morgan fingerprint density at radius 1 is 0.852 bits per heavy atom. The second kappa shape index (κ2) is 15.2. The number of ether oxygens (including phenoxy) is 1. The summed E-state index contributed by atoms with van der Waals surface area (Å²) in [7, 11) is 0. The van der Waals surface area contributed by atoms with Crippen molar-refractivity contribution in [2.45, 2.75) is 96.8 Å². The third kappa shape index (κ3) is 11.4. The van der Waals surface area contributed by atoms with Crippen molar-refractivity contribution in [1.29, 1.82) is 0 Å². The van der Waals surface area contributed by atoms with Crippen LogP contribution in [-0.4, -0.2) is 10.9 Å². The molecule has 152 valence electrons. The molecule has 0 unspecified atom stereocenters. The maximum Gasteiger partial charge on any atom is 0.311 e. The predicted octanol–water partition coefficient (Wildman–Crippen LogP) is 6.98. The molecule has 5 nitrogen and oxygen atoms in total. The molecule has 0 saturated carbocycles. The first-order valence-corrected chi connectivity index (χ1v) is 10.6. The zero-order valence-corrected chi connectivity index (χ0v) is 16.8. The van der Waals surface area contributed by atoms with Crippen molar-refractivity contribution in [3.63, 3.8) is 0 Å². The van der Waals surface area contributed by atoms with Crippen LogP contribution < -0.4 is 4.74 Å². The van der Waals surface area contributed by atoms with Crippen LogP contribution in [0, 0.1) is 10.1 Å². The first-order chi connectivity index (χ1) is 13.1. The van der Waals surface area contributed by atoms with Crippen LogP contribution in [0.4, 0.5) is 5.69 Å². The van der Waals surface area contributed by atoms with Gasteiger partial charge in [0.25, 0.3) is 0 Å². The van der Waals surface area contributed by atoms with Gasteiger partial charge in [-0.3, -0.25) is 14.9 Å². The van der Waals surface area contributed by atoms with Gasteiger partial charge in [0.15, 0.2) is 0 Å². The smallest absolute Gasteiger partial charge is 0.311 e. The molecule has 1 rings (SSSR count). The van der Waals surface area contributed by atoms with Gasteiger partial charge in [0.1, 0.15) is 0 Å². The van der Waals surface area contributed by atoms with Crippen molar-refractivity contribution in [2.24, 2.45) is 0 Å². The molecule has 0 aliphatic rings. The van der Waals surface area contributed by atoms with Crippen LogP contribution in [-0.2, 0) is 4.79 Å². The molecule has 0 aliphatic heterocycles. The van der Waals surface area contributed by atoms with E-state index < -0.39 is 10.9 Å². The van der Waals surface area contributed by atoms with Crippen LogP contribution in [0.15, 0.2) is 24.3 Å². The summed E-state index contributed by atoms with van der Waals surface area (Å²) in [5.41, 5.74) is -0.170. The van der Waals surface area contributed by atoms with E-state index in [2.05, 4.69) is 6.92 Å². The lowest BCUT2D eigenvalue weighted by Crippen LogP contribution is -2.08. The van der Waals surface area contributed by atoms with Crippen LogP contribution in [0.25, 0.3) is 0 Å². The monoisotopic (exact) mass is 377 g/mol. The molecule has 1 aromatic carbocycles. The van der Waals surface area contributed by atoms with E-state index in [9.17, 15) is 14.9 Å². The number of carbonyl (C=O) groups excluding carboxylic acids is 1. The molecule has 0 aromatic heterocycles. The highest BCUT2D eigenvalue weighted by molar-refractivity contribution is 5.73. The molecule has 27 heavy (non-hydrogen) atoms. The normalized spacial score (nSPS) is 10.7. The molecule has 0 fully saturated rings. The Labute approximate surface area is 163 Å². The van der Waals surface area contributed by atoms with E-state index in [1.165, 1.54) is 76.3 Å². The number of unbranched alkanes of at least 4 members (excludes halogenated alkanes) is 12. The first kappa shape index (κ1) is 23.1. The average molecular weight is 378 g/mol. The van der Waals surface area contributed by atoms with Crippen LogP contribution >= 0.6 is 0 Å². The third-order valence-corrected chi connectivity index (χ3v) is 4.77. The van der Waals surface area contributed by atoms with Crippen molar-refractivity contribution in [2.75, 3.05) is 0 Å². The number of carbonyl (C=O) groups is 1. The van der Waals surface area contributed by atoms with E-state index in [1.807, 2.05) is 0 Å². The minimum atomic E-state index is -0.534. The predicted molar refractivity (Wildman–Crippen MR) is 109 cm³/mol. The molecular formula is C22H35NO4. The van der Waals surface area contributed by atoms with Gasteiger partial charge in [0.2, 0.25) is 5.75 Å². The quantitative estimate of drug-likeness (QED) is 0.102. The molecule has 0 spiro atoms. The minimum Gasteiger partial charge on any atom is -0.419 e. The fourth-order valence-electron chi connectivity index (χ4n) is 3.16. The molecule has 0 heterocycles. The van der Waals surface area contributed by atoms with Gasteiger partial charge in [-0.2, -0.15) is 0 Å². The zero-order valence-electron chi connectivity index (χ0n) is 16.8. The lowest BCUT2D eigenvalue weighted by atomic mass is 10.0. The van der Waals surface area contributed by atoms with Gasteiger partial charge in [-0.05, 0) is 12.5 Å². The summed E-state index contributed by atoms with van der Waals surface area (Å²) in [6.07, 6.45) is 16.6. The average Bonchev–Trinajstić information content (AvgIpc) is 2.65. The molecule has 0 N–H and O–H groups in total. The molecule has 0 saturated heterocycles. The fourth-order valence-corrected chi connectivity index (χ4v) is 3.16. The van der Waals surface area contributed by atoms with Gasteiger partial charge in [0, 0.05) is 12.5 Å². The van der Waals surface area contributed by atoms with E-state index in [-0.39, 0.29) is 11.4 Å². The first-order valence-electron chi connectivity index (χ1n) is 10.6. The highest BCUT2D eigenvalue weighted by Crippen LogP contribution is 2.26.